The molecule has 1 aliphatic rings. The number of hydrogen-bond acceptors (Lipinski definition) is 3. The quantitative estimate of drug-likeness (QED) is 0.896. The van der Waals surface area contributed by atoms with Crippen LogP contribution in [0.25, 0.3) is 0 Å². The van der Waals surface area contributed by atoms with Gasteiger partial charge in [0.05, 0.1) is 6.04 Å². The molecule has 0 bridgehead atoms. The summed E-state index contributed by atoms with van der Waals surface area (Å²) in [7, 11) is 0. The zero-order valence-corrected chi connectivity index (χ0v) is 16.0. The molecule has 3 rings (SSSR count). The predicted octanol–water partition coefficient (Wildman–Crippen LogP) is 3.45. The smallest absolute Gasteiger partial charge is 0.241 e. The van der Waals surface area contributed by atoms with Crippen LogP contribution in [0.15, 0.2) is 48.5 Å². The first-order valence-electron chi connectivity index (χ1n) is 9.41. The lowest BCUT2D eigenvalue weighted by atomic mass is 10.1. The van der Waals surface area contributed by atoms with Crippen molar-refractivity contribution < 1.29 is 4.79 Å². The van der Waals surface area contributed by atoms with Crippen LogP contribution in [-0.4, -0.2) is 47.9 Å². The number of anilines is 1. The molecule has 0 unspecified atom stereocenters. The van der Waals surface area contributed by atoms with Crippen LogP contribution in [0.4, 0.5) is 5.69 Å². The van der Waals surface area contributed by atoms with Crippen molar-refractivity contribution in [2.45, 2.75) is 33.4 Å². The summed E-state index contributed by atoms with van der Waals surface area (Å²) in [5.41, 5.74) is 4.53. The number of nitrogens with zero attached hydrogens (tertiary/aromatic N) is 2. The Hall–Kier alpha value is -2.17. The van der Waals surface area contributed by atoms with Crippen LogP contribution in [0, 0.1) is 13.8 Å². The second-order valence-corrected chi connectivity index (χ2v) is 7.28. The van der Waals surface area contributed by atoms with Crippen molar-refractivity contribution in [3.05, 3.63) is 65.2 Å². The van der Waals surface area contributed by atoms with Gasteiger partial charge in [-0.3, -0.25) is 14.6 Å². The third-order valence-electron chi connectivity index (χ3n) is 5.23. The molecule has 1 fully saturated rings. The maximum absolute atomic E-state index is 12.7. The summed E-state index contributed by atoms with van der Waals surface area (Å²) in [5, 5.41) is 3.10. The van der Waals surface area contributed by atoms with E-state index in [1.165, 1.54) is 5.56 Å². The molecular weight excluding hydrogens is 322 g/mol. The van der Waals surface area contributed by atoms with E-state index in [0.717, 1.165) is 49.5 Å². The normalized spacial score (nSPS) is 17.0. The van der Waals surface area contributed by atoms with Crippen LogP contribution in [0.3, 0.4) is 0 Å². The molecule has 138 valence electrons. The Morgan fingerprint density at radius 2 is 1.73 bits per heavy atom. The summed E-state index contributed by atoms with van der Waals surface area (Å²) in [5.74, 6) is 0.0789. The van der Waals surface area contributed by atoms with E-state index in [9.17, 15) is 4.79 Å². The molecule has 1 N–H and O–H groups in total. The summed E-state index contributed by atoms with van der Waals surface area (Å²) in [6.07, 6.45) is 0. The van der Waals surface area contributed by atoms with Gasteiger partial charge in [0.2, 0.25) is 5.91 Å². The minimum atomic E-state index is -0.117. The van der Waals surface area contributed by atoms with Gasteiger partial charge in [-0.25, -0.2) is 0 Å². The summed E-state index contributed by atoms with van der Waals surface area (Å²) in [6, 6.07) is 16.6. The number of hydrogen-bond donors (Lipinski definition) is 1. The van der Waals surface area contributed by atoms with Gasteiger partial charge in [-0.1, -0.05) is 42.5 Å². The van der Waals surface area contributed by atoms with E-state index in [4.69, 9.17) is 0 Å². The van der Waals surface area contributed by atoms with Crippen molar-refractivity contribution in [1.29, 1.82) is 0 Å². The summed E-state index contributed by atoms with van der Waals surface area (Å²) >= 11 is 0. The molecule has 1 heterocycles. The highest BCUT2D eigenvalue weighted by Crippen LogP contribution is 2.18. The lowest BCUT2D eigenvalue weighted by Crippen LogP contribution is -2.52. The van der Waals surface area contributed by atoms with E-state index in [0.29, 0.717) is 0 Å². The Morgan fingerprint density at radius 1 is 1.04 bits per heavy atom. The van der Waals surface area contributed by atoms with Crippen LogP contribution < -0.4 is 5.32 Å². The number of piperazine rings is 1. The molecule has 0 aliphatic carbocycles. The van der Waals surface area contributed by atoms with Crippen molar-refractivity contribution in [2.24, 2.45) is 0 Å². The van der Waals surface area contributed by atoms with Gasteiger partial charge in [-0.05, 0) is 43.5 Å². The number of amides is 1. The first kappa shape index (κ1) is 18.6. The number of benzene rings is 2. The Labute approximate surface area is 156 Å². The van der Waals surface area contributed by atoms with E-state index in [1.54, 1.807) is 0 Å². The molecule has 0 saturated carbocycles. The Kier molecular flexibility index (Phi) is 6.07. The lowest BCUT2D eigenvalue weighted by molar-refractivity contribution is -0.121. The fourth-order valence-electron chi connectivity index (χ4n) is 3.42. The first-order chi connectivity index (χ1) is 12.5. The van der Waals surface area contributed by atoms with Crippen molar-refractivity contribution in [3.63, 3.8) is 0 Å². The van der Waals surface area contributed by atoms with Gasteiger partial charge in [0.15, 0.2) is 0 Å². The highest BCUT2D eigenvalue weighted by molar-refractivity contribution is 5.95. The average Bonchev–Trinajstić information content (AvgIpc) is 2.65. The van der Waals surface area contributed by atoms with Crippen molar-refractivity contribution in [2.75, 3.05) is 31.5 Å². The van der Waals surface area contributed by atoms with E-state index in [2.05, 4.69) is 57.6 Å². The molecule has 0 radical (unpaired) electrons. The second kappa shape index (κ2) is 8.47. The second-order valence-electron chi connectivity index (χ2n) is 7.28. The average molecular weight is 351 g/mol. The van der Waals surface area contributed by atoms with Gasteiger partial charge in [0.25, 0.3) is 0 Å². The molecule has 4 nitrogen and oxygen atoms in total. The van der Waals surface area contributed by atoms with Crippen molar-refractivity contribution in [3.8, 4) is 0 Å². The third-order valence-corrected chi connectivity index (χ3v) is 5.23. The number of carbonyl (C=O) groups is 1. The van der Waals surface area contributed by atoms with Gasteiger partial charge in [-0.15, -0.1) is 0 Å². The third kappa shape index (κ3) is 4.71. The van der Waals surface area contributed by atoms with Crippen LogP contribution in [0.5, 0.6) is 0 Å². The van der Waals surface area contributed by atoms with Gasteiger partial charge in [0.1, 0.15) is 0 Å². The molecule has 26 heavy (non-hydrogen) atoms. The molecule has 0 aromatic heterocycles. The molecule has 2 aromatic rings. The molecule has 1 saturated heterocycles. The number of nitrogens with one attached hydrogen (secondary N) is 1. The SMILES string of the molecule is Cc1ccc(C)c(NC(=O)[C@H](C)N2CCN(Cc3ccccc3)CC2)c1. The van der Waals surface area contributed by atoms with Gasteiger partial charge >= 0.3 is 0 Å². The number of aryl methyl sites for hydroxylation is 2. The van der Waals surface area contributed by atoms with Crippen molar-refractivity contribution >= 4 is 11.6 Å². The predicted molar refractivity (Wildman–Crippen MR) is 107 cm³/mol. The van der Waals surface area contributed by atoms with Gasteiger partial charge in [0, 0.05) is 38.4 Å². The van der Waals surface area contributed by atoms with Crippen LogP contribution in [0.2, 0.25) is 0 Å². The number of rotatable bonds is 5. The van der Waals surface area contributed by atoms with Gasteiger partial charge in [-0.2, -0.15) is 0 Å². The van der Waals surface area contributed by atoms with Crippen LogP contribution >= 0.6 is 0 Å². The van der Waals surface area contributed by atoms with E-state index < -0.39 is 0 Å². The molecule has 4 heteroatoms. The lowest BCUT2D eigenvalue weighted by Gasteiger charge is -2.37. The minimum absolute atomic E-state index is 0.0789. The van der Waals surface area contributed by atoms with E-state index >= 15 is 0 Å². The van der Waals surface area contributed by atoms with E-state index in [-0.39, 0.29) is 11.9 Å². The summed E-state index contributed by atoms with van der Waals surface area (Å²) in [6.45, 7) is 10.9. The molecule has 0 spiro atoms. The van der Waals surface area contributed by atoms with Crippen LogP contribution in [-0.2, 0) is 11.3 Å². The summed E-state index contributed by atoms with van der Waals surface area (Å²) < 4.78 is 0. The molecule has 2 aromatic carbocycles. The van der Waals surface area contributed by atoms with Gasteiger partial charge < -0.3 is 5.32 Å². The van der Waals surface area contributed by atoms with E-state index in [1.807, 2.05) is 26.8 Å². The maximum Gasteiger partial charge on any atom is 0.241 e. The largest absolute Gasteiger partial charge is 0.324 e. The first-order valence-corrected chi connectivity index (χ1v) is 9.41. The zero-order valence-electron chi connectivity index (χ0n) is 16.0. The monoisotopic (exact) mass is 351 g/mol. The highest BCUT2D eigenvalue weighted by atomic mass is 16.2. The highest BCUT2D eigenvalue weighted by Gasteiger charge is 2.25. The molecular formula is C22H29N3O. The van der Waals surface area contributed by atoms with Crippen molar-refractivity contribution in [1.82, 2.24) is 9.80 Å². The number of carbonyl (C=O) groups excluding carboxylic acids is 1. The topological polar surface area (TPSA) is 35.6 Å². The Balaban J connectivity index is 1.52. The molecule has 1 atom stereocenters. The Morgan fingerprint density at radius 3 is 2.42 bits per heavy atom. The maximum atomic E-state index is 12.7. The molecule has 1 amide bonds. The fraction of sp³-hybridized carbons (Fsp3) is 0.409. The van der Waals surface area contributed by atoms with Crippen LogP contribution in [0.1, 0.15) is 23.6 Å². The standard InChI is InChI=1S/C22H29N3O/c1-17-9-10-18(2)21(15-17)23-22(26)19(3)25-13-11-24(12-14-25)16-20-7-5-4-6-8-20/h4-10,15,19H,11-14,16H2,1-3H3,(H,23,26)/t19-/m0/s1. The Bertz CT molecular complexity index is 736. The zero-order chi connectivity index (χ0) is 18.5. The molecule has 1 aliphatic heterocycles. The summed E-state index contributed by atoms with van der Waals surface area (Å²) in [4.78, 5) is 17.4. The minimum Gasteiger partial charge on any atom is -0.324 e. The fourth-order valence-corrected chi connectivity index (χ4v) is 3.42.